The Kier molecular flexibility index (Phi) is 9.65. The standard InChI is InChI=1S/C35H56O2/c1-13-32(5,6)26-20-24(21-27(30(26)36)33(7,8)14-2)18-17-19-25-22-28(34(9,10)15-3)31(37)29(23-25)35(11,12)16-4/h20-23,36-37H,13-19H2,1-12H3. The second kappa shape index (κ2) is 11.4. The molecule has 37 heavy (non-hydrogen) atoms. The Morgan fingerprint density at radius 2 is 0.676 bits per heavy atom. The van der Waals surface area contributed by atoms with Gasteiger partial charge < -0.3 is 10.2 Å². The third-order valence-corrected chi connectivity index (χ3v) is 9.72. The van der Waals surface area contributed by atoms with E-state index in [1.165, 1.54) is 11.1 Å². The molecule has 0 amide bonds. The van der Waals surface area contributed by atoms with E-state index >= 15 is 0 Å². The lowest BCUT2D eigenvalue weighted by Gasteiger charge is -2.32. The molecule has 2 aromatic rings. The zero-order valence-corrected chi connectivity index (χ0v) is 26.2. The fraction of sp³-hybridized carbons (Fsp3) is 0.657. The van der Waals surface area contributed by atoms with Crippen LogP contribution < -0.4 is 0 Å². The van der Waals surface area contributed by atoms with Crippen molar-refractivity contribution in [2.24, 2.45) is 0 Å². The Morgan fingerprint density at radius 1 is 0.459 bits per heavy atom. The molecule has 0 radical (unpaired) electrons. The van der Waals surface area contributed by atoms with Crippen molar-refractivity contribution in [2.45, 2.75) is 150 Å². The first-order valence-corrected chi connectivity index (χ1v) is 14.7. The number of aryl methyl sites for hydroxylation is 2. The first kappa shape index (κ1) is 31.3. The third kappa shape index (κ3) is 6.73. The molecule has 0 aliphatic carbocycles. The molecule has 2 heteroatoms. The van der Waals surface area contributed by atoms with Crippen LogP contribution in [0.1, 0.15) is 149 Å². The lowest BCUT2D eigenvalue weighted by molar-refractivity contribution is 0.399. The van der Waals surface area contributed by atoms with Crippen LogP contribution in [-0.2, 0) is 34.5 Å². The molecule has 0 bridgehead atoms. The van der Waals surface area contributed by atoms with Crippen molar-refractivity contribution < 1.29 is 10.2 Å². The monoisotopic (exact) mass is 508 g/mol. The summed E-state index contributed by atoms with van der Waals surface area (Å²) >= 11 is 0. The molecule has 0 saturated carbocycles. The number of phenols is 2. The van der Waals surface area contributed by atoms with Gasteiger partial charge in [0.2, 0.25) is 0 Å². The van der Waals surface area contributed by atoms with Crippen molar-refractivity contribution in [1.82, 2.24) is 0 Å². The van der Waals surface area contributed by atoms with Crippen molar-refractivity contribution >= 4 is 0 Å². The molecule has 0 fully saturated rings. The Hall–Kier alpha value is -1.96. The van der Waals surface area contributed by atoms with Crippen LogP contribution in [0.25, 0.3) is 0 Å². The van der Waals surface area contributed by atoms with Gasteiger partial charge in [-0.05, 0) is 77.7 Å². The van der Waals surface area contributed by atoms with Crippen molar-refractivity contribution in [3.8, 4) is 11.5 Å². The number of rotatable bonds is 12. The summed E-state index contributed by atoms with van der Waals surface area (Å²) < 4.78 is 0. The zero-order valence-electron chi connectivity index (χ0n) is 26.2. The fourth-order valence-corrected chi connectivity index (χ4v) is 5.00. The minimum atomic E-state index is -0.0725. The van der Waals surface area contributed by atoms with Gasteiger partial charge in [-0.25, -0.2) is 0 Å². The van der Waals surface area contributed by atoms with Crippen LogP contribution in [0.15, 0.2) is 24.3 Å². The quantitative estimate of drug-likeness (QED) is 0.299. The van der Waals surface area contributed by atoms with Crippen LogP contribution >= 0.6 is 0 Å². The smallest absolute Gasteiger partial charge is 0.123 e. The third-order valence-electron chi connectivity index (χ3n) is 9.72. The van der Waals surface area contributed by atoms with E-state index in [-0.39, 0.29) is 21.7 Å². The molecule has 208 valence electrons. The van der Waals surface area contributed by atoms with Gasteiger partial charge >= 0.3 is 0 Å². The van der Waals surface area contributed by atoms with E-state index in [2.05, 4.69) is 107 Å². The highest BCUT2D eigenvalue weighted by Crippen LogP contribution is 2.44. The van der Waals surface area contributed by atoms with Crippen molar-refractivity contribution in [1.29, 1.82) is 0 Å². The molecule has 0 aromatic heterocycles. The SMILES string of the molecule is CCC(C)(C)c1cc(CCCc2cc(C(C)(C)CC)c(O)c(C(C)(C)CC)c2)cc(C(C)(C)CC)c1O. The van der Waals surface area contributed by atoms with Gasteiger partial charge in [0.05, 0.1) is 0 Å². The van der Waals surface area contributed by atoms with Gasteiger partial charge in [0, 0.05) is 22.3 Å². The summed E-state index contributed by atoms with van der Waals surface area (Å²) in [6, 6.07) is 9.01. The van der Waals surface area contributed by atoms with Gasteiger partial charge in [-0.2, -0.15) is 0 Å². The predicted octanol–water partition coefficient (Wildman–Crippen LogP) is 10.0. The van der Waals surface area contributed by atoms with Gasteiger partial charge in [-0.15, -0.1) is 0 Å². The predicted molar refractivity (Wildman–Crippen MR) is 162 cm³/mol. The average Bonchev–Trinajstić information content (AvgIpc) is 2.85. The summed E-state index contributed by atoms with van der Waals surface area (Å²) in [6.07, 6.45) is 6.90. The van der Waals surface area contributed by atoms with Gasteiger partial charge in [0.25, 0.3) is 0 Å². The van der Waals surface area contributed by atoms with Crippen LogP contribution in [0.3, 0.4) is 0 Å². The molecule has 0 spiro atoms. The van der Waals surface area contributed by atoms with Gasteiger partial charge in [-0.3, -0.25) is 0 Å². The minimum absolute atomic E-state index is 0.0725. The highest BCUT2D eigenvalue weighted by Gasteiger charge is 2.31. The molecular weight excluding hydrogens is 452 g/mol. The number of aromatic hydroxyl groups is 2. The fourth-order valence-electron chi connectivity index (χ4n) is 5.00. The maximum Gasteiger partial charge on any atom is 0.123 e. The number of phenolic OH excluding ortho intramolecular Hbond substituents is 2. The molecular formula is C35H56O2. The first-order chi connectivity index (χ1) is 17.0. The summed E-state index contributed by atoms with van der Waals surface area (Å²) in [5, 5.41) is 22.6. The van der Waals surface area contributed by atoms with E-state index in [0.29, 0.717) is 11.5 Å². The van der Waals surface area contributed by atoms with Crippen LogP contribution in [0, 0.1) is 0 Å². The number of hydrogen-bond acceptors (Lipinski definition) is 2. The second-order valence-corrected chi connectivity index (χ2v) is 13.9. The van der Waals surface area contributed by atoms with Crippen LogP contribution in [0.2, 0.25) is 0 Å². The summed E-state index contributed by atoms with van der Waals surface area (Å²) in [5.41, 5.74) is 6.64. The highest BCUT2D eigenvalue weighted by atomic mass is 16.3. The number of hydrogen-bond donors (Lipinski definition) is 2. The molecule has 2 nitrogen and oxygen atoms in total. The summed E-state index contributed by atoms with van der Waals surface area (Å²) in [6.45, 7) is 26.7. The Morgan fingerprint density at radius 3 is 0.865 bits per heavy atom. The summed E-state index contributed by atoms with van der Waals surface area (Å²) in [4.78, 5) is 0. The minimum Gasteiger partial charge on any atom is -0.507 e. The highest BCUT2D eigenvalue weighted by molar-refractivity contribution is 5.51. The molecule has 2 rings (SSSR count). The lowest BCUT2D eigenvalue weighted by atomic mass is 9.74. The Bertz CT molecular complexity index is 909. The summed E-state index contributed by atoms with van der Waals surface area (Å²) in [7, 11) is 0. The van der Waals surface area contributed by atoms with E-state index < -0.39 is 0 Å². The largest absolute Gasteiger partial charge is 0.507 e. The first-order valence-electron chi connectivity index (χ1n) is 14.7. The van der Waals surface area contributed by atoms with Crippen LogP contribution in [-0.4, -0.2) is 10.2 Å². The van der Waals surface area contributed by atoms with E-state index in [1.807, 2.05) is 0 Å². The van der Waals surface area contributed by atoms with E-state index in [0.717, 1.165) is 67.2 Å². The molecule has 0 aliphatic rings. The van der Waals surface area contributed by atoms with Gasteiger partial charge in [0.1, 0.15) is 11.5 Å². The average molecular weight is 509 g/mol. The van der Waals surface area contributed by atoms with Gasteiger partial charge in [0.15, 0.2) is 0 Å². The van der Waals surface area contributed by atoms with Gasteiger partial charge in [-0.1, -0.05) is 107 Å². The van der Waals surface area contributed by atoms with Crippen molar-refractivity contribution in [3.05, 3.63) is 57.6 Å². The zero-order chi connectivity index (χ0) is 28.4. The van der Waals surface area contributed by atoms with E-state index in [1.54, 1.807) is 0 Å². The molecule has 0 heterocycles. The Balaban J connectivity index is 2.47. The molecule has 0 unspecified atom stereocenters. The van der Waals surface area contributed by atoms with Crippen LogP contribution in [0.5, 0.6) is 11.5 Å². The topological polar surface area (TPSA) is 40.5 Å². The second-order valence-electron chi connectivity index (χ2n) is 13.9. The Labute approximate surface area is 228 Å². The molecule has 0 saturated heterocycles. The number of benzene rings is 2. The van der Waals surface area contributed by atoms with Crippen LogP contribution in [0.4, 0.5) is 0 Å². The van der Waals surface area contributed by atoms with E-state index in [9.17, 15) is 10.2 Å². The lowest BCUT2D eigenvalue weighted by Crippen LogP contribution is -2.21. The molecule has 2 N–H and O–H groups in total. The van der Waals surface area contributed by atoms with E-state index in [4.69, 9.17) is 0 Å². The molecule has 0 atom stereocenters. The van der Waals surface area contributed by atoms with Crippen molar-refractivity contribution in [3.63, 3.8) is 0 Å². The maximum atomic E-state index is 11.3. The summed E-state index contributed by atoms with van der Waals surface area (Å²) in [5.74, 6) is 0.970. The normalized spacial score (nSPS) is 13.3. The van der Waals surface area contributed by atoms with Crippen molar-refractivity contribution in [2.75, 3.05) is 0 Å². The molecule has 2 aromatic carbocycles. The molecule has 0 aliphatic heterocycles. The maximum absolute atomic E-state index is 11.3.